The molecular weight excluding hydrogens is 719 g/mol. The van der Waals surface area contributed by atoms with Gasteiger partial charge in [0.25, 0.3) is 0 Å². The van der Waals surface area contributed by atoms with E-state index in [0.717, 1.165) is 70.6 Å². The molecule has 3 N–H and O–H groups in total. The number of unbranched alkanes of at least 4 members (excludes halogenated alkanes) is 30. The van der Waals surface area contributed by atoms with Gasteiger partial charge in [-0.3, -0.25) is 9.59 Å². The predicted octanol–water partition coefficient (Wildman–Crippen LogP) is 15.1. The number of carbonyl (C=O) groups excluding carboxylic acids is 2. The number of rotatable bonds is 46. The van der Waals surface area contributed by atoms with Crippen molar-refractivity contribution in [2.75, 3.05) is 6.61 Å². The largest absolute Gasteiger partial charge is 0.462 e. The SMILES string of the molecule is CCC/C=C\CCCCCCCC(=O)OC(CCCCC/C=C/CCCCCCCCCCC)CC(=O)NC(CO)C(O)CCCCCCCCCCCCCCC. The fourth-order valence-electron chi connectivity index (χ4n) is 7.84. The second-order valence-corrected chi connectivity index (χ2v) is 17.6. The summed E-state index contributed by atoms with van der Waals surface area (Å²) in [7, 11) is 0. The van der Waals surface area contributed by atoms with Crippen molar-refractivity contribution >= 4 is 11.9 Å². The second kappa shape index (κ2) is 46.4. The predicted molar refractivity (Wildman–Crippen MR) is 250 cm³/mol. The Bertz CT molecular complexity index is 919. The fourth-order valence-corrected chi connectivity index (χ4v) is 7.84. The third kappa shape index (κ3) is 41.1. The van der Waals surface area contributed by atoms with Gasteiger partial charge in [-0.2, -0.15) is 0 Å². The Labute approximate surface area is 361 Å². The molecule has 0 aliphatic carbocycles. The maximum Gasteiger partial charge on any atom is 0.306 e. The molecule has 0 aliphatic heterocycles. The van der Waals surface area contributed by atoms with Crippen LogP contribution in [0.5, 0.6) is 0 Å². The molecule has 3 atom stereocenters. The minimum absolute atomic E-state index is 0.0674. The molecule has 342 valence electrons. The Kier molecular flexibility index (Phi) is 45.1. The Morgan fingerprint density at radius 1 is 0.483 bits per heavy atom. The molecular formula is C52H99NO5. The van der Waals surface area contributed by atoms with Crippen LogP contribution in [0, 0.1) is 0 Å². The van der Waals surface area contributed by atoms with E-state index >= 15 is 0 Å². The lowest BCUT2D eigenvalue weighted by Gasteiger charge is -2.24. The summed E-state index contributed by atoms with van der Waals surface area (Å²) in [6, 6.07) is -0.703. The normalized spacial score (nSPS) is 13.4. The van der Waals surface area contributed by atoms with Gasteiger partial charge in [-0.25, -0.2) is 0 Å². The number of amides is 1. The standard InChI is InChI=1S/C52H99NO5/c1-4-7-10-13-16-19-22-24-25-26-28-29-31-34-37-40-43-48(58-52(57)45-42-39-36-33-21-18-15-12-9-6-3)46-51(56)53-49(47-54)50(55)44-41-38-35-32-30-27-23-20-17-14-11-8-5-2/h12,15,28-29,48-50,54-55H,4-11,13-14,16-27,30-47H2,1-3H3,(H,53,56)/b15-12-,29-28+. The molecule has 1 amide bonds. The quantitative estimate of drug-likeness (QED) is 0.0323. The van der Waals surface area contributed by atoms with E-state index < -0.39 is 18.2 Å². The number of ether oxygens (including phenoxy) is 1. The summed E-state index contributed by atoms with van der Waals surface area (Å²) < 4.78 is 5.91. The van der Waals surface area contributed by atoms with E-state index in [1.54, 1.807) is 0 Å². The molecule has 0 aromatic carbocycles. The summed E-state index contributed by atoms with van der Waals surface area (Å²) in [5.74, 6) is -0.491. The molecule has 0 heterocycles. The van der Waals surface area contributed by atoms with E-state index in [0.29, 0.717) is 19.3 Å². The summed E-state index contributed by atoms with van der Waals surface area (Å²) in [4.78, 5) is 26.1. The summed E-state index contributed by atoms with van der Waals surface area (Å²) in [5, 5.41) is 23.7. The first kappa shape index (κ1) is 56.3. The van der Waals surface area contributed by atoms with E-state index in [1.165, 1.54) is 154 Å². The van der Waals surface area contributed by atoms with Crippen molar-refractivity contribution in [3.8, 4) is 0 Å². The molecule has 6 heteroatoms. The van der Waals surface area contributed by atoms with Crippen molar-refractivity contribution in [1.29, 1.82) is 0 Å². The van der Waals surface area contributed by atoms with Crippen molar-refractivity contribution in [2.45, 2.75) is 289 Å². The number of allylic oxidation sites excluding steroid dienone is 4. The van der Waals surface area contributed by atoms with E-state index in [2.05, 4.69) is 50.4 Å². The zero-order valence-electron chi connectivity index (χ0n) is 38.9. The van der Waals surface area contributed by atoms with Crippen molar-refractivity contribution < 1.29 is 24.5 Å². The number of carbonyl (C=O) groups is 2. The zero-order valence-corrected chi connectivity index (χ0v) is 38.9. The van der Waals surface area contributed by atoms with E-state index in [1.807, 2.05) is 0 Å². The first-order valence-electron chi connectivity index (χ1n) is 25.6. The molecule has 0 aromatic heterocycles. The van der Waals surface area contributed by atoms with Crippen molar-refractivity contribution in [3.05, 3.63) is 24.3 Å². The van der Waals surface area contributed by atoms with Crippen LogP contribution in [0.15, 0.2) is 24.3 Å². The zero-order chi connectivity index (χ0) is 42.4. The number of aliphatic hydroxyl groups excluding tert-OH is 2. The van der Waals surface area contributed by atoms with Crippen LogP contribution in [-0.4, -0.2) is 46.9 Å². The molecule has 0 aromatic rings. The van der Waals surface area contributed by atoms with Gasteiger partial charge in [-0.15, -0.1) is 0 Å². The Balaban J connectivity index is 4.56. The van der Waals surface area contributed by atoms with Gasteiger partial charge >= 0.3 is 5.97 Å². The fraction of sp³-hybridized carbons (Fsp3) is 0.885. The van der Waals surface area contributed by atoms with Crippen LogP contribution in [0.25, 0.3) is 0 Å². The molecule has 0 bridgehead atoms. The van der Waals surface area contributed by atoms with Gasteiger partial charge in [0.15, 0.2) is 0 Å². The van der Waals surface area contributed by atoms with Crippen LogP contribution in [0.2, 0.25) is 0 Å². The highest BCUT2D eigenvalue weighted by Gasteiger charge is 2.24. The van der Waals surface area contributed by atoms with E-state index in [-0.39, 0.29) is 24.9 Å². The van der Waals surface area contributed by atoms with Gasteiger partial charge in [-0.05, 0) is 70.6 Å². The van der Waals surface area contributed by atoms with Crippen molar-refractivity contribution in [3.63, 3.8) is 0 Å². The highest BCUT2D eigenvalue weighted by molar-refractivity contribution is 5.77. The molecule has 58 heavy (non-hydrogen) atoms. The number of aliphatic hydroxyl groups is 2. The summed E-state index contributed by atoms with van der Waals surface area (Å²) >= 11 is 0. The lowest BCUT2D eigenvalue weighted by atomic mass is 10.0. The lowest BCUT2D eigenvalue weighted by molar-refractivity contribution is -0.151. The maximum atomic E-state index is 13.2. The van der Waals surface area contributed by atoms with Gasteiger partial charge in [-0.1, -0.05) is 212 Å². The number of hydrogen-bond donors (Lipinski definition) is 3. The summed E-state index contributed by atoms with van der Waals surface area (Å²) in [6.07, 6.45) is 52.4. The lowest BCUT2D eigenvalue weighted by Crippen LogP contribution is -2.46. The Morgan fingerprint density at radius 3 is 1.31 bits per heavy atom. The van der Waals surface area contributed by atoms with Gasteiger partial charge in [0.05, 0.1) is 25.2 Å². The van der Waals surface area contributed by atoms with Gasteiger partial charge in [0.1, 0.15) is 6.10 Å². The minimum atomic E-state index is -0.789. The third-order valence-electron chi connectivity index (χ3n) is 11.7. The Hall–Kier alpha value is -1.66. The first-order valence-corrected chi connectivity index (χ1v) is 25.6. The highest BCUT2D eigenvalue weighted by Crippen LogP contribution is 2.18. The van der Waals surface area contributed by atoms with E-state index in [4.69, 9.17) is 4.74 Å². The average molecular weight is 818 g/mol. The van der Waals surface area contributed by atoms with Gasteiger partial charge in [0, 0.05) is 6.42 Å². The molecule has 0 fully saturated rings. The molecule has 0 spiro atoms. The monoisotopic (exact) mass is 818 g/mol. The highest BCUT2D eigenvalue weighted by atomic mass is 16.5. The topological polar surface area (TPSA) is 95.9 Å². The molecule has 0 saturated carbocycles. The molecule has 3 unspecified atom stereocenters. The van der Waals surface area contributed by atoms with Crippen LogP contribution in [0.3, 0.4) is 0 Å². The van der Waals surface area contributed by atoms with Gasteiger partial charge in [0.2, 0.25) is 5.91 Å². The van der Waals surface area contributed by atoms with Crippen molar-refractivity contribution in [1.82, 2.24) is 5.32 Å². The average Bonchev–Trinajstić information content (AvgIpc) is 3.22. The van der Waals surface area contributed by atoms with Crippen LogP contribution in [-0.2, 0) is 14.3 Å². The first-order chi connectivity index (χ1) is 28.5. The number of nitrogens with one attached hydrogen (secondary N) is 1. The molecule has 0 aliphatic rings. The number of hydrogen-bond acceptors (Lipinski definition) is 5. The van der Waals surface area contributed by atoms with Crippen LogP contribution in [0.1, 0.15) is 271 Å². The van der Waals surface area contributed by atoms with Crippen LogP contribution in [0.4, 0.5) is 0 Å². The number of esters is 1. The maximum absolute atomic E-state index is 13.2. The van der Waals surface area contributed by atoms with Crippen LogP contribution < -0.4 is 5.32 Å². The Morgan fingerprint density at radius 2 is 0.862 bits per heavy atom. The summed E-state index contributed by atoms with van der Waals surface area (Å²) in [5.41, 5.74) is 0. The smallest absolute Gasteiger partial charge is 0.306 e. The van der Waals surface area contributed by atoms with Crippen LogP contribution >= 0.6 is 0 Å². The van der Waals surface area contributed by atoms with Crippen molar-refractivity contribution in [2.24, 2.45) is 0 Å². The summed E-state index contributed by atoms with van der Waals surface area (Å²) in [6.45, 7) is 6.43. The third-order valence-corrected chi connectivity index (χ3v) is 11.7. The molecule has 0 saturated heterocycles. The second-order valence-electron chi connectivity index (χ2n) is 17.6. The molecule has 6 nitrogen and oxygen atoms in total. The molecule has 0 radical (unpaired) electrons. The molecule has 0 rings (SSSR count). The van der Waals surface area contributed by atoms with E-state index in [9.17, 15) is 19.8 Å². The van der Waals surface area contributed by atoms with Gasteiger partial charge < -0.3 is 20.3 Å². The minimum Gasteiger partial charge on any atom is -0.462 e.